The van der Waals surface area contributed by atoms with E-state index >= 15 is 14.0 Å². The minimum absolute atomic E-state index is 0.0201. The summed E-state index contributed by atoms with van der Waals surface area (Å²) in [5.41, 5.74) is -3.39. The number of amides is 8. The van der Waals surface area contributed by atoms with Gasteiger partial charge in [0, 0.05) is 85.4 Å². The van der Waals surface area contributed by atoms with Gasteiger partial charge in [-0.1, -0.05) is 175 Å². The van der Waals surface area contributed by atoms with Crippen LogP contribution < -0.4 is 53.0 Å². The number of rotatable bonds is 45. The van der Waals surface area contributed by atoms with Crippen LogP contribution in [0.3, 0.4) is 0 Å². The SMILES string of the molecule is COc1cc(C(=O)NCCOCCOCCOCCOCCC(=O)N[C@@H](C(=O)N[C@@H](CCCNC(N)=O)C(=O)Nc2ccc(COC(=O)O[C@@H](C(=O)O[C@H]3C[C@@]4(O)[C@@H](OC(=O)c5ccccc5)C5[C@](C)(C(=O)[C@H](OC(C)=O)C(=C3C)C4(C)C)[C@@H](O)C[C@H]3OC[C@@]53OC(C)=O)[C@@H](NC(=O)c3ccccc3)c3ccccc3)cc2)C(C)C)ccc1NC(=O)[C@@H]1N[C@@H](CC(C)(C)C)[C@](C#N)(c2ccc(Cl)cc2)[C@H]1c1cccc(Cl)c1F. The monoisotopic (exact) mass is 2080 g/mol. The summed E-state index contributed by atoms with van der Waals surface area (Å²) in [6, 6.07) is 40.8. The first-order valence-corrected chi connectivity index (χ1v) is 49.5. The number of primary amides is 1. The highest BCUT2D eigenvalue weighted by atomic mass is 35.5. The zero-order chi connectivity index (χ0) is 107. The van der Waals surface area contributed by atoms with E-state index in [-0.39, 0.29) is 158 Å². The number of ether oxygens (including phenoxy) is 12. The topological polar surface area (TPSA) is 519 Å². The standard InChI is InChI=1S/C108H127Cl2FN10O27/c1-61(2)86(120-82(125)43-46-138-48-50-140-52-53-141-51-49-139-47-45-114-94(127)69-35-42-75(77(54-69)137-12)117-98(131)88-84(73-30-22-31-74(110)85(73)111)106(59-112,70-36-38-71(109)39-37-70)79(119-88)57-103(6,7)8)97(130)118-76(32-23-44-115-101(113)134)96(129)116-72-40-33-65(34-41-72)58-142-102(135)146-90(87(66-24-16-13-17-25-66)121-95(128)67-26-18-14-19-27-67)100(133)145-78-56-108(136)93(147-99(132)68-28-20-15-21-29-68)91-105(11,80(124)55-81-107(91,60-143-81)148-64(5)123)92(126)89(144-63(4)122)83(62(78)3)104(108,9)10/h13-22,24-31,33-42,54,61,76,78-81,84,86-91,93,119,124,136H,23,32,43-53,55-58,60H2,1-12H3,(H,114,127)(H,116,129)(H,117,131)(H,118,130)(H,120,125)(H,121,128)(H3,113,115,134)/t76-,78-,79-,80-,81+,84-,86+,87-,88+,89+,90+,91?,93-,105+,106-,107-,108+/m0/s1. The summed E-state index contributed by atoms with van der Waals surface area (Å²) < 4.78 is 87.4. The Labute approximate surface area is 866 Å². The summed E-state index contributed by atoms with van der Waals surface area (Å²) in [5.74, 6) is -12.9. The highest BCUT2D eigenvalue weighted by Crippen LogP contribution is 2.65. The lowest BCUT2D eigenvalue weighted by molar-refractivity contribution is -0.346. The first-order chi connectivity index (χ1) is 70.4. The van der Waals surface area contributed by atoms with E-state index in [9.17, 15) is 68.2 Å². The van der Waals surface area contributed by atoms with E-state index in [0.717, 1.165) is 13.8 Å². The normalized spacial score (nSPS) is 23.4. The third-order valence-corrected chi connectivity index (χ3v) is 28.2. The Bertz CT molecular complexity index is 6020. The third kappa shape index (κ3) is 26.5. The van der Waals surface area contributed by atoms with Gasteiger partial charge in [-0.3, -0.25) is 43.2 Å². The van der Waals surface area contributed by atoms with E-state index in [1.165, 1.54) is 126 Å². The lowest BCUT2D eigenvalue weighted by atomic mass is 9.44. The van der Waals surface area contributed by atoms with Gasteiger partial charge in [0.15, 0.2) is 17.5 Å². The Kier molecular flexibility index (Phi) is 38.4. The van der Waals surface area contributed by atoms with Crippen LogP contribution in [-0.4, -0.2) is 239 Å². The van der Waals surface area contributed by atoms with Gasteiger partial charge in [-0.05, 0) is 151 Å². The van der Waals surface area contributed by atoms with Crippen LogP contribution in [0.25, 0.3) is 0 Å². The van der Waals surface area contributed by atoms with E-state index in [1.807, 2.05) is 20.8 Å². The predicted molar refractivity (Wildman–Crippen MR) is 537 cm³/mol. The number of hydrogen-bond acceptors (Lipinski definition) is 29. The second-order valence-electron chi connectivity index (χ2n) is 39.4. The van der Waals surface area contributed by atoms with Crippen LogP contribution >= 0.6 is 23.2 Å². The van der Waals surface area contributed by atoms with Gasteiger partial charge in [-0.2, -0.15) is 5.26 Å². The van der Waals surface area contributed by atoms with Crippen molar-refractivity contribution in [3.8, 4) is 11.8 Å². The maximum Gasteiger partial charge on any atom is 0.509 e. The molecule has 148 heavy (non-hydrogen) atoms. The number of aliphatic hydroxyl groups excluding tert-OH is 1. The number of Topliss-reactive ketones (excluding diaryl/α,β-unsaturated/α-hetero) is 1. The second-order valence-corrected chi connectivity index (χ2v) is 40.2. The molecule has 37 nitrogen and oxygen atoms in total. The molecule has 0 spiro atoms. The predicted octanol–water partition coefficient (Wildman–Crippen LogP) is 11.4. The van der Waals surface area contributed by atoms with Gasteiger partial charge >= 0.3 is 36.1 Å². The quantitative estimate of drug-likeness (QED) is 0.00731. The van der Waals surface area contributed by atoms with Crippen molar-refractivity contribution in [1.29, 1.82) is 5.26 Å². The summed E-state index contributed by atoms with van der Waals surface area (Å²) in [6.45, 7) is 17.7. The van der Waals surface area contributed by atoms with Crippen LogP contribution in [0.1, 0.15) is 180 Å². The number of nitrogens with two attached hydrogens (primary N) is 1. The largest absolute Gasteiger partial charge is 0.509 e. The molecule has 2 saturated heterocycles. The molecular formula is C108H127Cl2FN10O27. The number of halogens is 3. The maximum atomic E-state index is 16.3. The molecule has 5 aliphatic rings. The maximum absolute atomic E-state index is 16.3. The van der Waals surface area contributed by atoms with Gasteiger partial charge < -0.3 is 115 Å². The van der Waals surface area contributed by atoms with Crippen LogP contribution in [0.2, 0.25) is 10.0 Å². The molecule has 12 N–H and O–H groups in total. The number of hydrogen-bond donors (Lipinski definition) is 11. The third-order valence-electron chi connectivity index (χ3n) is 27.6. The van der Waals surface area contributed by atoms with Crippen LogP contribution in [0, 0.1) is 45.2 Å². The van der Waals surface area contributed by atoms with Crippen molar-refractivity contribution in [2.75, 3.05) is 90.3 Å². The number of anilines is 2. The fraction of sp³-hybridized carbons (Fsp3) is 0.463. The average molecular weight is 2090 g/mol. The van der Waals surface area contributed by atoms with Crippen molar-refractivity contribution >= 4 is 112 Å². The number of methoxy groups -OCH3 is 1. The summed E-state index contributed by atoms with van der Waals surface area (Å²) >= 11 is 12.7. The molecule has 792 valence electrons. The molecule has 17 atom stereocenters. The smallest absolute Gasteiger partial charge is 0.495 e. The van der Waals surface area contributed by atoms with Gasteiger partial charge in [-0.25, -0.2) is 23.6 Å². The van der Waals surface area contributed by atoms with Gasteiger partial charge in [-0.15, -0.1) is 0 Å². The number of nitrogens with zero attached hydrogens (tertiary/aromatic N) is 1. The molecule has 2 heterocycles. The second kappa shape index (κ2) is 50.1. The molecule has 1 unspecified atom stereocenters. The molecule has 0 radical (unpaired) electrons. The lowest BCUT2D eigenvalue weighted by Crippen LogP contribution is -2.82. The molecule has 7 aromatic rings. The van der Waals surface area contributed by atoms with Crippen molar-refractivity contribution < 1.29 is 134 Å². The van der Waals surface area contributed by atoms with Gasteiger partial charge in [0.2, 0.25) is 29.7 Å². The van der Waals surface area contributed by atoms with Crippen LogP contribution in [-0.2, 0) is 102 Å². The number of carbonyl (C=O) groups is 13. The van der Waals surface area contributed by atoms with E-state index in [0.29, 0.717) is 22.6 Å². The Morgan fingerprint density at radius 1 is 0.696 bits per heavy atom. The van der Waals surface area contributed by atoms with Gasteiger partial charge in [0.1, 0.15) is 65.6 Å². The Hall–Kier alpha value is -13.3. The van der Waals surface area contributed by atoms with Crippen molar-refractivity contribution in [1.82, 2.24) is 31.9 Å². The fourth-order valence-electron chi connectivity index (χ4n) is 20.2. The van der Waals surface area contributed by atoms with Crippen LogP contribution in [0.15, 0.2) is 187 Å². The zero-order valence-corrected chi connectivity index (χ0v) is 85.8. The number of fused-ring (bicyclic) bond motifs is 5. The number of esters is 4. The minimum atomic E-state index is -2.60. The lowest BCUT2D eigenvalue weighted by Gasteiger charge is -2.67. The first kappa shape index (κ1) is 113. The van der Waals surface area contributed by atoms with Crippen molar-refractivity contribution in [3.05, 3.63) is 242 Å². The summed E-state index contributed by atoms with van der Waals surface area (Å²) in [5, 5.41) is 60.8. The zero-order valence-electron chi connectivity index (χ0n) is 84.3. The van der Waals surface area contributed by atoms with Crippen molar-refractivity contribution in [3.63, 3.8) is 0 Å². The minimum Gasteiger partial charge on any atom is -0.495 e. The molecule has 7 aromatic carbocycles. The molecule has 40 heteroatoms. The molecule has 0 aromatic heterocycles. The molecule has 2 aliphatic heterocycles. The molecule has 2 bridgehead atoms. The van der Waals surface area contributed by atoms with Crippen molar-refractivity contribution in [2.24, 2.45) is 33.8 Å². The number of urea groups is 1. The fourth-order valence-corrected chi connectivity index (χ4v) is 20.5. The highest BCUT2D eigenvalue weighted by molar-refractivity contribution is 6.31. The number of ketones is 1. The molecule has 4 fully saturated rings. The Morgan fingerprint density at radius 2 is 1.32 bits per heavy atom. The van der Waals surface area contributed by atoms with E-state index < -0.39 is 215 Å². The number of benzene rings is 7. The molecule has 2 saturated carbocycles. The Morgan fingerprint density at radius 3 is 1.92 bits per heavy atom. The number of nitrogens with one attached hydrogen (secondary N) is 8. The van der Waals surface area contributed by atoms with Crippen molar-refractivity contribution in [2.45, 2.75) is 211 Å². The van der Waals surface area contributed by atoms with E-state index in [1.54, 1.807) is 98.8 Å². The molecule has 12 rings (SSSR count). The first-order valence-electron chi connectivity index (χ1n) is 48.7. The summed E-state index contributed by atoms with van der Waals surface area (Å²) in [4.78, 5) is 184. The number of aliphatic hydroxyl groups is 2. The van der Waals surface area contributed by atoms with Gasteiger partial charge in [0.05, 0.1) is 112 Å². The molecule has 8 amide bonds. The van der Waals surface area contributed by atoms with E-state index in [2.05, 4.69) is 48.6 Å². The highest BCUT2D eigenvalue weighted by Gasteiger charge is 2.79. The number of nitriles is 1. The van der Waals surface area contributed by atoms with Crippen LogP contribution in [0.4, 0.5) is 25.4 Å². The number of carbonyl (C=O) groups excluding carboxylic acids is 13. The van der Waals surface area contributed by atoms with Gasteiger partial charge in [0.25, 0.3) is 11.8 Å². The van der Waals surface area contributed by atoms with Crippen LogP contribution in [0.5, 0.6) is 5.75 Å². The molecular weight excluding hydrogens is 1960 g/mol. The summed E-state index contributed by atoms with van der Waals surface area (Å²) in [7, 11) is 1.38. The summed E-state index contributed by atoms with van der Waals surface area (Å²) in [6.07, 6.45) is -12.9. The van der Waals surface area contributed by atoms with E-state index in [4.69, 9.17) is 85.8 Å². The average Bonchev–Trinajstić information content (AvgIpc) is 0.826. The Balaban J connectivity index is 0.616. The molecule has 3 aliphatic carbocycles.